The fraction of sp³-hybridized carbons (Fsp3) is 0.310. The van der Waals surface area contributed by atoms with Gasteiger partial charge in [0, 0.05) is 18.1 Å². The van der Waals surface area contributed by atoms with Crippen LogP contribution in [-0.2, 0) is 26.2 Å². The molecule has 0 unspecified atom stereocenters. The van der Waals surface area contributed by atoms with Gasteiger partial charge in [-0.1, -0.05) is 73.5 Å². The molecule has 0 aliphatic heterocycles. The van der Waals surface area contributed by atoms with E-state index < -0.39 is 28.5 Å². The first-order valence-corrected chi connectivity index (χ1v) is 14.3. The van der Waals surface area contributed by atoms with Crippen molar-refractivity contribution in [2.45, 2.75) is 45.2 Å². The van der Waals surface area contributed by atoms with Crippen LogP contribution in [0.25, 0.3) is 0 Å². The summed E-state index contributed by atoms with van der Waals surface area (Å²) < 4.78 is 28.5. The summed E-state index contributed by atoms with van der Waals surface area (Å²) in [6, 6.07) is 21.1. The van der Waals surface area contributed by atoms with E-state index in [9.17, 15) is 18.0 Å². The summed E-state index contributed by atoms with van der Waals surface area (Å²) in [5, 5.41) is 3.28. The van der Waals surface area contributed by atoms with Crippen LogP contribution in [-0.4, -0.2) is 44.3 Å². The number of hydrogen-bond acceptors (Lipinski definition) is 4. The minimum atomic E-state index is -4.12. The van der Waals surface area contributed by atoms with Crippen LogP contribution in [0, 0.1) is 12.8 Å². The molecule has 38 heavy (non-hydrogen) atoms. The molecule has 0 bridgehead atoms. The zero-order valence-electron chi connectivity index (χ0n) is 22.1. The highest BCUT2D eigenvalue weighted by molar-refractivity contribution is 7.92. The van der Waals surface area contributed by atoms with Gasteiger partial charge in [0.15, 0.2) is 0 Å². The highest BCUT2D eigenvalue weighted by atomic mass is 35.5. The number of benzene rings is 3. The van der Waals surface area contributed by atoms with Gasteiger partial charge in [-0.15, -0.1) is 0 Å². The van der Waals surface area contributed by atoms with Gasteiger partial charge in [-0.2, -0.15) is 0 Å². The van der Waals surface area contributed by atoms with E-state index in [1.807, 2.05) is 45.0 Å². The Kier molecular flexibility index (Phi) is 9.94. The Labute approximate surface area is 230 Å². The molecule has 0 heterocycles. The lowest BCUT2D eigenvalue weighted by molar-refractivity contribution is -0.139. The number of nitrogens with zero attached hydrogens (tertiary/aromatic N) is 2. The Hall–Kier alpha value is -3.36. The quantitative estimate of drug-likeness (QED) is 0.359. The van der Waals surface area contributed by atoms with Crippen LogP contribution in [0.2, 0.25) is 5.02 Å². The molecule has 3 aromatic rings. The molecule has 9 heteroatoms. The maximum atomic E-state index is 13.9. The van der Waals surface area contributed by atoms with Crippen molar-refractivity contribution in [1.29, 1.82) is 0 Å². The van der Waals surface area contributed by atoms with E-state index in [0.717, 1.165) is 15.4 Å². The van der Waals surface area contributed by atoms with E-state index in [1.54, 1.807) is 37.3 Å². The number of aryl methyl sites for hydroxylation is 1. The number of amides is 2. The number of hydrogen-bond donors (Lipinski definition) is 1. The lowest BCUT2D eigenvalue weighted by Crippen LogP contribution is -2.51. The van der Waals surface area contributed by atoms with Crippen LogP contribution >= 0.6 is 11.6 Å². The molecule has 0 saturated carbocycles. The first-order chi connectivity index (χ1) is 18.0. The van der Waals surface area contributed by atoms with Crippen LogP contribution < -0.4 is 9.62 Å². The molecule has 3 rings (SSSR count). The standard InChI is InChI=1S/C29H34ClN3O4S/c1-21(2)18-31-29(35)23(4)32(19-24-10-8-9-22(3)17-24)28(34)20-33(26-11-6-5-7-12-26)38(36,37)27-15-13-25(30)14-16-27/h5-17,21,23H,18-20H2,1-4H3,(H,31,35)/t23-/m1/s1. The van der Waals surface area contributed by atoms with Crippen molar-refractivity contribution < 1.29 is 18.0 Å². The van der Waals surface area contributed by atoms with Gasteiger partial charge in [0.25, 0.3) is 10.0 Å². The number of carbonyl (C=O) groups excluding carboxylic acids is 2. The zero-order chi connectivity index (χ0) is 27.9. The van der Waals surface area contributed by atoms with Crippen molar-refractivity contribution >= 4 is 39.1 Å². The molecule has 2 amide bonds. The average molecular weight is 556 g/mol. The van der Waals surface area contributed by atoms with Gasteiger partial charge >= 0.3 is 0 Å². The number of nitrogens with one attached hydrogen (secondary N) is 1. The van der Waals surface area contributed by atoms with Gasteiger partial charge in [0.1, 0.15) is 12.6 Å². The number of halogens is 1. The number of sulfonamides is 1. The van der Waals surface area contributed by atoms with Crippen molar-refractivity contribution in [2.24, 2.45) is 5.92 Å². The normalized spacial score (nSPS) is 12.2. The Morgan fingerprint density at radius 3 is 2.18 bits per heavy atom. The molecule has 0 aliphatic rings. The molecule has 0 spiro atoms. The van der Waals surface area contributed by atoms with Gasteiger partial charge in [0.05, 0.1) is 10.6 Å². The minimum absolute atomic E-state index is 0.00603. The average Bonchev–Trinajstić information content (AvgIpc) is 2.89. The Morgan fingerprint density at radius 1 is 0.921 bits per heavy atom. The topological polar surface area (TPSA) is 86.8 Å². The number of para-hydroxylation sites is 1. The Morgan fingerprint density at radius 2 is 1.58 bits per heavy atom. The van der Waals surface area contributed by atoms with Crippen molar-refractivity contribution in [3.8, 4) is 0 Å². The molecule has 7 nitrogen and oxygen atoms in total. The predicted octanol–water partition coefficient (Wildman–Crippen LogP) is 5.03. The van der Waals surface area contributed by atoms with Crippen molar-refractivity contribution in [3.05, 3.63) is 95.0 Å². The third-order valence-electron chi connectivity index (χ3n) is 6.01. The molecule has 0 fully saturated rings. The maximum absolute atomic E-state index is 13.9. The van der Waals surface area contributed by atoms with Gasteiger partial charge in [-0.3, -0.25) is 13.9 Å². The van der Waals surface area contributed by atoms with E-state index >= 15 is 0 Å². The maximum Gasteiger partial charge on any atom is 0.264 e. The summed E-state index contributed by atoms with van der Waals surface area (Å²) in [6.45, 7) is 7.72. The van der Waals surface area contributed by atoms with Gasteiger partial charge in [0.2, 0.25) is 11.8 Å². The van der Waals surface area contributed by atoms with Gasteiger partial charge < -0.3 is 10.2 Å². The van der Waals surface area contributed by atoms with Crippen molar-refractivity contribution in [1.82, 2.24) is 10.2 Å². The molecule has 1 N–H and O–H groups in total. The van der Waals surface area contributed by atoms with Crippen molar-refractivity contribution in [3.63, 3.8) is 0 Å². The third kappa shape index (κ3) is 7.58. The molecule has 0 radical (unpaired) electrons. The summed E-state index contributed by atoms with van der Waals surface area (Å²) in [5.41, 5.74) is 2.19. The molecule has 1 atom stereocenters. The van der Waals surface area contributed by atoms with E-state index in [1.165, 1.54) is 29.2 Å². The minimum Gasteiger partial charge on any atom is -0.354 e. The van der Waals surface area contributed by atoms with E-state index in [0.29, 0.717) is 17.3 Å². The summed E-state index contributed by atoms with van der Waals surface area (Å²) in [6.07, 6.45) is 0. The van der Waals surface area contributed by atoms with Crippen LogP contribution in [0.1, 0.15) is 31.9 Å². The monoisotopic (exact) mass is 555 g/mol. The first kappa shape index (κ1) is 29.2. The first-order valence-electron chi connectivity index (χ1n) is 12.4. The lowest BCUT2D eigenvalue weighted by atomic mass is 10.1. The smallest absolute Gasteiger partial charge is 0.264 e. The van der Waals surface area contributed by atoms with Crippen molar-refractivity contribution in [2.75, 3.05) is 17.4 Å². The number of anilines is 1. The second kappa shape index (κ2) is 12.9. The summed E-state index contributed by atoms with van der Waals surface area (Å²) in [7, 11) is -4.12. The molecule has 0 aliphatic carbocycles. The molecule has 0 saturated heterocycles. The largest absolute Gasteiger partial charge is 0.354 e. The predicted molar refractivity (Wildman–Crippen MR) is 151 cm³/mol. The van der Waals surface area contributed by atoms with E-state index in [-0.39, 0.29) is 23.3 Å². The van der Waals surface area contributed by atoms with Crippen LogP contribution in [0.4, 0.5) is 5.69 Å². The molecule has 202 valence electrons. The molecular formula is C29H34ClN3O4S. The Balaban J connectivity index is 1.98. The molecule has 3 aromatic carbocycles. The SMILES string of the molecule is Cc1cccc(CN(C(=O)CN(c2ccccc2)S(=O)(=O)c2ccc(Cl)cc2)[C@H](C)C(=O)NCC(C)C)c1. The fourth-order valence-electron chi connectivity index (χ4n) is 3.90. The lowest BCUT2D eigenvalue weighted by Gasteiger charge is -2.32. The van der Waals surface area contributed by atoms with Gasteiger partial charge in [-0.05, 0) is 61.7 Å². The summed E-state index contributed by atoms with van der Waals surface area (Å²) >= 11 is 5.97. The Bertz CT molecular complexity index is 1350. The zero-order valence-corrected chi connectivity index (χ0v) is 23.7. The molecular weight excluding hydrogens is 522 g/mol. The van der Waals surface area contributed by atoms with Gasteiger partial charge in [-0.25, -0.2) is 8.42 Å². The van der Waals surface area contributed by atoms with Crippen LogP contribution in [0.3, 0.4) is 0 Å². The second-order valence-electron chi connectivity index (χ2n) is 9.63. The van der Waals surface area contributed by atoms with Crippen LogP contribution in [0.15, 0.2) is 83.8 Å². The second-order valence-corrected chi connectivity index (χ2v) is 11.9. The highest BCUT2D eigenvalue weighted by Gasteiger charge is 2.32. The summed E-state index contributed by atoms with van der Waals surface area (Å²) in [4.78, 5) is 28.3. The fourth-order valence-corrected chi connectivity index (χ4v) is 5.44. The third-order valence-corrected chi connectivity index (χ3v) is 8.05. The number of carbonyl (C=O) groups is 2. The number of rotatable bonds is 11. The summed E-state index contributed by atoms with van der Waals surface area (Å²) in [5.74, 6) is -0.559. The highest BCUT2D eigenvalue weighted by Crippen LogP contribution is 2.25. The molecule has 0 aromatic heterocycles. The van der Waals surface area contributed by atoms with E-state index in [2.05, 4.69) is 5.32 Å². The van der Waals surface area contributed by atoms with Crippen LogP contribution in [0.5, 0.6) is 0 Å². The van der Waals surface area contributed by atoms with E-state index in [4.69, 9.17) is 11.6 Å².